The normalized spacial score (nSPS) is 21.6. The Hall–Kier alpha value is -2.18. The van der Waals surface area contributed by atoms with Crippen LogP contribution in [0.1, 0.15) is 24.8 Å². The van der Waals surface area contributed by atoms with Crippen molar-refractivity contribution in [1.29, 1.82) is 0 Å². The molecule has 1 aromatic carbocycles. The smallest absolute Gasteiger partial charge is 0.225 e. The Balaban J connectivity index is 1.31. The van der Waals surface area contributed by atoms with Crippen molar-refractivity contribution in [2.24, 2.45) is 0 Å². The number of benzene rings is 1. The van der Waals surface area contributed by atoms with Crippen molar-refractivity contribution in [1.82, 2.24) is 19.8 Å². The second kappa shape index (κ2) is 8.88. The summed E-state index contributed by atoms with van der Waals surface area (Å²) in [6.07, 6.45) is 6.18. The molecule has 4 rings (SSSR count). The van der Waals surface area contributed by atoms with Crippen molar-refractivity contribution < 1.29 is 4.79 Å². The van der Waals surface area contributed by atoms with Crippen molar-refractivity contribution in [2.45, 2.75) is 31.8 Å². The molecule has 0 radical (unpaired) electrons. The first kappa shape index (κ1) is 19.2. The van der Waals surface area contributed by atoms with Gasteiger partial charge in [-0.15, -0.1) is 0 Å². The van der Waals surface area contributed by atoms with Crippen LogP contribution in [0.25, 0.3) is 0 Å². The van der Waals surface area contributed by atoms with Gasteiger partial charge >= 0.3 is 0 Å². The molecule has 3 heterocycles. The summed E-state index contributed by atoms with van der Waals surface area (Å²) < 4.78 is 0. The molecule has 148 valence electrons. The zero-order valence-corrected chi connectivity index (χ0v) is 16.8. The molecule has 2 aliphatic rings. The Morgan fingerprint density at radius 2 is 1.68 bits per heavy atom. The number of hydrogen-bond donors (Lipinski definition) is 0. The van der Waals surface area contributed by atoms with Crippen molar-refractivity contribution >= 4 is 23.5 Å². The number of amides is 1. The fourth-order valence-electron chi connectivity index (χ4n) is 4.11. The fraction of sp³-hybridized carbons (Fsp3) is 0.476. The van der Waals surface area contributed by atoms with Gasteiger partial charge in [0.15, 0.2) is 0 Å². The molecule has 28 heavy (non-hydrogen) atoms. The van der Waals surface area contributed by atoms with Gasteiger partial charge in [-0.1, -0.05) is 23.7 Å². The van der Waals surface area contributed by atoms with Gasteiger partial charge in [-0.05, 0) is 36.6 Å². The Morgan fingerprint density at radius 3 is 2.39 bits per heavy atom. The van der Waals surface area contributed by atoms with Crippen LogP contribution >= 0.6 is 11.6 Å². The number of anilines is 1. The van der Waals surface area contributed by atoms with E-state index >= 15 is 0 Å². The first-order chi connectivity index (χ1) is 13.7. The molecule has 1 unspecified atom stereocenters. The van der Waals surface area contributed by atoms with Crippen molar-refractivity contribution in [3.05, 3.63) is 53.3 Å². The summed E-state index contributed by atoms with van der Waals surface area (Å²) in [7, 11) is 0. The van der Waals surface area contributed by atoms with E-state index in [9.17, 15) is 4.79 Å². The van der Waals surface area contributed by atoms with Crippen LogP contribution in [-0.2, 0) is 11.3 Å². The van der Waals surface area contributed by atoms with Crippen LogP contribution in [-0.4, -0.2) is 64.4 Å². The van der Waals surface area contributed by atoms with E-state index in [0.29, 0.717) is 19.0 Å². The Labute approximate surface area is 171 Å². The maximum absolute atomic E-state index is 12.6. The lowest BCUT2D eigenvalue weighted by Crippen LogP contribution is -2.51. The number of hydrogen-bond acceptors (Lipinski definition) is 5. The molecule has 2 aromatic rings. The summed E-state index contributed by atoms with van der Waals surface area (Å²) in [6.45, 7) is 5.34. The predicted molar refractivity (Wildman–Crippen MR) is 110 cm³/mol. The molecular formula is C21H26ClN5O. The zero-order chi connectivity index (χ0) is 19.3. The van der Waals surface area contributed by atoms with Crippen molar-refractivity contribution in [3.8, 4) is 0 Å². The van der Waals surface area contributed by atoms with Crippen LogP contribution in [0.5, 0.6) is 0 Å². The van der Waals surface area contributed by atoms with Gasteiger partial charge in [0.1, 0.15) is 0 Å². The summed E-state index contributed by atoms with van der Waals surface area (Å²) in [5.74, 6) is 1.07. The lowest BCUT2D eigenvalue weighted by molar-refractivity contribution is -0.131. The number of halogens is 1. The number of carbonyl (C=O) groups excluding carboxylic acids is 1. The monoisotopic (exact) mass is 399 g/mol. The number of aromatic nitrogens is 2. The molecule has 0 bridgehead atoms. The highest BCUT2D eigenvalue weighted by molar-refractivity contribution is 6.30. The second-order valence-electron chi connectivity index (χ2n) is 7.49. The molecule has 6 nitrogen and oxygen atoms in total. The largest absolute Gasteiger partial charge is 0.338 e. The van der Waals surface area contributed by atoms with Crippen LogP contribution in [0.15, 0.2) is 42.7 Å². The van der Waals surface area contributed by atoms with E-state index in [1.807, 2.05) is 35.2 Å². The number of rotatable bonds is 4. The van der Waals surface area contributed by atoms with Gasteiger partial charge in [0.2, 0.25) is 11.9 Å². The van der Waals surface area contributed by atoms with E-state index in [1.165, 1.54) is 0 Å². The topological polar surface area (TPSA) is 52.6 Å². The van der Waals surface area contributed by atoms with Crippen molar-refractivity contribution in [3.63, 3.8) is 0 Å². The molecule has 0 aliphatic carbocycles. The minimum atomic E-state index is 0.258. The predicted octanol–water partition coefficient (Wildman–Crippen LogP) is 2.83. The van der Waals surface area contributed by atoms with Gasteiger partial charge in [-0.2, -0.15) is 0 Å². The number of nitrogens with zero attached hydrogens (tertiary/aromatic N) is 5. The molecule has 2 fully saturated rings. The van der Waals surface area contributed by atoms with Gasteiger partial charge in [0, 0.05) is 69.1 Å². The standard InChI is InChI=1S/C21H26ClN5O/c22-18-4-2-17(3-5-18)16-27-11-8-19(6-7-20(27)28)25-12-14-26(15-13-25)21-23-9-1-10-24-21/h1-5,9-10,19H,6-8,11-16H2. The Morgan fingerprint density at radius 1 is 0.964 bits per heavy atom. The lowest BCUT2D eigenvalue weighted by atomic mass is 10.1. The maximum atomic E-state index is 12.6. The molecule has 0 N–H and O–H groups in total. The SMILES string of the molecule is O=C1CCC(N2CCN(c3ncccn3)CC2)CCN1Cc1ccc(Cl)cc1. The van der Waals surface area contributed by atoms with E-state index in [0.717, 1.165) is 62.1 Å². The van der Waals surface area contributed by atoms with Crippen LogP contribution < -0.4 is 4.90 Å². The molecule has 2 aliphatic heterocycles. The molecule has 1 aromatic heterocycles. The summed E-state index contributed by atoms with van der Waals surface area (Å²) in [5, 5.41) is 0.728. The van der Waals surface area contributed by atoms with Gasteiger partial charge in [-0.3, -0.25) is 9.69 Å². The first-order valence-electron chi connectivity index (χ1n) is 9.97. The summed E-state index contributed by atoms with van der Waals surface area (Å²) in [5.41, 5.74) is 1.13. The molecular weight excluding hydrogens is 374 g/mol. The number of piperazine rings is 1. The quantitative estimate of drug-likeness (QED) is 0.791. The fourth-order valence-corrected chi connectivity index (χ4v) is 4.23. The minimum absolute atomic E-state index is 0.258. The molecule has 2 saturated heterocycles. The number of likely N-dealkylation sites (tertiary alicyclic amines) is 1. The van der Waals surface area contributed by atoms with Gasteiger partial charge < -0.3 is 9.80 Å². The zero-order valence-electron chi connectivity index (χ0n) is 16.0. The molecule has 0 spiro atoms. The highest BCUT2D eigenvalue weighted by atomic mass is 35.5. The van der Waals surface area contributed by atoms with Crippen LogP contribution in [0.4, 0.5) is 5.95 Å². The van der Waals surface area contributed by atoms with Crippen molar-refractivity contribution in [2.75, 3.05) is 37.6 Å². The van der Waals surface area contributed by atoms with E-state index in [2.05, 4.69) is 19.8 Å². The third-order valence-electron chi connectivity index (χ3n) is 5.73. The third-order valence-corrected chi connectivity index (χ3v) is 5.98. The lowest BCUT2D eigenvalue weighted by Gasteiger charge is -2.39. The first-order valence-corrected chi connectivity index (χ1v) is 10.3. The highest BCUT2D eigenvalue weighted by Gasteiger charge is 2.29. The summed E-state index contributed by atoms with van der Waals surface area (Å²) in [6, 6.07) is 10.1. The number of carbonyl (C=O) groups is 1. The highest BCUT2D eigenvalue weighted by Crippen LogP contribution is 2.22. The molecule has 1 amide bonds. The van der Waals surface area contributed by atoms with Gasteiger partial charge in [0.25, 0.3) is 0 Å². The summed E-state index contributed by atoms with van der Waals surface area (Å²) in [4.78, 5) is 28.1. The molecule has 1 atom stereocenters. The van der Waals surface area contributed by atoms with E-state index in [-0.39, 0.29) is 5.91 Å². The second-order valence-corrected chi connectivity index (χ2v) is 7.93. The minimum Gasteiger partial charge on any atom is -0.338 e. The van der Waals surface area contributed by atoms with Crippen LogP contribution in [0, 0.1) is 0 Å². The van der Waals surface area contributed by atoms with Crippen LogP contribution in [0.2, 0.25) is 5.02 Å². The van der Waals surface area contributed by atoms with E-state index < -0.39 is 0 Å². The summed E-state index contributed by atoms with van der Waals surface area (Å²) >= 11 is 5.97. The average molecular weight is 400 g/mol. The third kappa shape index (κ3) is 4.62. The Kier molecular flexibility index (Phi) is 6.07. The van der Waals surface area contributed by atoms with E-state index in [4.69, 9.17) is 11.6 Å². The average Bonchev–Trinajstić information content (AvgIpc) is 2.92. The van der Waals surface area contributed by atoms with Crippen LogP contribution in [0.3, 0.4) is 0 Å². The van der Waals surface area contributed by atoms with E-state index in [1.54, 1.807) is 12.4 Å². The molecule has 7 heteroatoms. The van der Waals surface area contributed by atoms with Gasteiger partial charge in [-0.25, -0.2) is 9.97 Å². The Bertz CT molecular complexity index is 777. The maximum Gasteiger partial charge on any atom is 0.225 e. The van der Waals surface area contributed by atoms with Gasteiger partial charge in [0.05, 0.1) is 0 Å². The molecule has 0 saturated carbocycles.